The fourth-order valence-corrected chi connectivity index (χ4v) is 5.72. The lowest BCUT2D eigenvalue weighted by Gasteiger charge is -2.32. The molecule has 8 heteroatoms. The summed E-state index contributed by atoms with van der Waals surface area (Å²) in [6.07, 6.45) is 2.89. The molecule has 0 unspecified atom stereocenters. The second kappa shape index (κ2) is 13.6. The van der Waals surface area contributed by atoms with E-state index < -0.39 is 5.97 Å². The number of carbonyl (C=O) groups excluding carboxylic acids is 2. The first-order valence-electron chi connectivity index (χ1n) is 15.1. The smallest absolute Gasteiger partial charge is 0.338 e. The normalized spacial score (nSPS) is 13.4. The lowest BCUT2D eigenvalue weighted by atomic mass is 9.90. The SMILES string of the molecule is COc1ccc(-c2nc3ccc(C(=O)OCC(=O)N4CCC(Cc5ccccc5)CC4)cc3nc2-c2ccc(OC)cc2)cc1. The molecule has 4 aromatic carbocycles. The van der Waals surface area contributed by atoms with Crippen molar-refractivity contribution >= 4 is 22.9 Å². The number of carbonyl (C=O) groups is 2. The fraction of sp³-hybridized carbons (Fsp3) is 0.243. The molecule has 228 valence electrons. The van der Waals surface area contributed by atoms with E-state index >= 15 is 0 Å². The van der Waals surface area contributed by atoms with Gasteiger partial charge in [-0.3, -0.25) is 4.79 Å². The van der Waals surface area contributed by atoms with Crippen LogP contribution in [0.2, 0.25) is 0 Å². The first-order chi connectivity index (χ1) is 22.0. The highest BCUT2D eigenvalue weighted by molar-refractivity contribution is 5.96. The summed E-state index contributed by atoms with van der Waals surface area (Å²) in [6, 6.07) is 30.7. The maximum atomic E-state index is 13.0. The second-order valence-corrected chi connectivity index (χ2v) is 11.2. The Hall–Kier alpha value is -5.24. The number of piperidine rings is 1. The molecule has 2 heterocycles. The van der Waals surface area contributed by atoms with Gasteiger partial charge in [0.25, 0.3) is 5.91 Å². The predicted octanol–water partition coefficient (Wildman–Crippen LogP) is 6.62. The van der Waals surface area contributed by atoms with Crippen LogP contribution in [0.15, 0.2) is 97.1 Å². The average molecular weight is 602 g/mol. The van der Waals surface area contributed by atoms with E-state index in [2.05, 4.69) is 24.3 Å². The lowest BCUT2D eigenvalue weighted by molar-refractivity contribution is -0.135. The molecule has 0 atom stereocenters. The van der Waals surface area contributed by atoms with Crippen LogP contribution in [-0.4, -0.2) is 60.7 Å². The summed E-state index contributed by atoms with van der Waals surface area (Å²) in [4.78, 5) is 37.6. The van der Waals surface area contributed by atoms with E-state index in [9.17, 15) is 9.59 Å². The van der Waals surface area contributed by atoms with Crippen LogP contribution in [0, 0.1) is 5.92 Å². The topological polar surface area (TPSA) is 90.9 Å². The van der Waals surface area contributed by atoms with Gasteiger partial charge in [0.05, 0.1) is 42.2 Å². The van der Waals surface area contributed by atoms with Gasteiger partial charge in [0.15, 0.2) is 6.61 Å². The standard InChI is InChI=1S/C37H35N3O5/c1-43-30-13-8-27(9-14-30)35-36(28-10-15-31(44-2)16-11-28)39-33-23-29(12-17-32(33)38-35)37(42)45-24-34(41)40-20-18-26(19-21-40)22-25-6-4-3-5-7-25/h3-17,23,26H,18-22,24H2,1-2H3. The Kier molecular flexibility index (Phi) is 9.01. The number of amides is 1. The molecule has 1 saturated heterocycles. The number of methoxy groups -OCH3 is 2. The minimum Gasteiger partial charge on any atom is -0.497 e. The third-order valence-corrected chi connectivity index (χ3v) is 8.29. The number of esters is 1. The number of likely N-dealkylation sites (tertiary alicyclic amines) is 1. The molecule has 5 aromatic rings. The minimum atomic E-state index is -0.573. The summed E-state index contributed by atoms with van der Waals surface area (Å²) in [5.74, 6) is 1.28. The van der Waals surface area contributed by atoms with E-state index in [1.165, 1.54) is 5.56 Å². The second-order valence-electron chi connectivity index (χ2n) is 11.2. The molecule has 1 aromatic heterocycles. The number of benzene rings is 4. The van der Waals surface area contributed by atoms with Crippen molar-refractivity contribution in [3.63, 3.8) is 0 Å². The average Bonchev–Trinajstić information content (AvgIpc) is 3.10. The van der Waals surface area contributed by atoms with Gasteiger partial charge in [-0.15, -0.1) is 0 Å². The molecule has 0 aliphatic carbocycles. The van der Waals surface area contributed by atoms with Gasteiger partial charge >= 0.3 is 5.97 Å². The van der Waals surface area contributed by atoms with Gasteiger partial charge in [-0.2, -0.15) is 0 Å². The van der Waals surface area contributed by atoms with Gasteiger partial charge in [-0.25, -0.2) is 14.8 Å². The monoisotopic (exact) mass is 601 g/mol. The number of fused-ring (bicyclic) bond motifs is 1. The van der Waals surface area contributed by atoms with Crippen LogP contribution in [0.3, 0.4) is 0 Å². The molecule has 45 heavy (non-hydrogen) atoms. The molecular weight excluding hydrogens is 566 g/mol. The van der Waals surface area contributed by atoms with Crippen molar-refractivity contribution in [3.8, 4) is 34.0 Å². The van der Waals surface area contributed by atoms with Crippen molar-refractivity contribution in [1.82, 2.24) is 14.9 Å². The van der Waals surface area contributed by atoms with Crippen molar-refractivity contribution in [2.75, 3.05) is 33.9 Å². The highest BCUT2D eigenvalue weighted by Gasteiger charge is 2.24. The molecule has 6 rings (SSSR count). The van der Waals surface area contributed by atoms with Crippen LogP contribution in [0.25, 0.3) is 33.5 Å². The van der Waals surface area contributed by atoms with Crippen molar-refractivity contribution < 1.29 is 23.8 Å². The number of rotatable bonds is 9. The zero-order valence-corrected chi connectivity index (χ0v) is 25.4. The molecule has 8 nitrogen and oxygen atoms in total. The quantitative estimate of drug-likeness (QED) is 0.175. The third-order valence-electron chi connectivity index (χ3n) is 8.29. The van der Waals surface area contributed by atoms with E-state index in [1.807, 2.05) is 54.6 Å². The Bertz CT molecular complexity index is 1780. The van der Waals surface area contributed by atoms with Gasteiger partial charge in [0, 0.05) is 24.2 Å². The van der Waals surface area contributed by atoms with Gasteiger partial charge < -0.3 is 19.1 Å². The number of hydrogen-bond donors (Lipinski definition) is 0. The van der Waals surface area contributed by atoms with E-state index in [4.69, 9.17) is 24.2 Å². The van der Waals surface area contributed by atoms with Crippen LogP contribution < -0.4 is 9.47 Å². The predicted molar refractivity (Wildman–Crippen MR) is 173 cm³/mol. The summed E-state index contributed by atoms with van der Waals surface area (Å²) >= 11 is 0. The van der Waals surface area contributed by atoms with Crippen molar-refractivity contribution in [1.29, 1.82) is 0 Å². The molecule has 1 fully saturated rings. The van der Waals surface area contributed by atoms with Gasteiger partial charge in [0.1, 0.15) is 11.5 Å². The Morgan fingerprint density at radius 1 is 0.733 bits per heavy atom. The van der Waals surface area contributed by atoms with Crippen LogP contribution >= 0.6 is 0 Å². The molecule has 0 saturated carbocycles. The van der Waals surface area contributed by atoms with Crippen LogP contribution in [0.4, 0.5) is 0 Å². The van der Waals surface area contributed by atoms with E-state index in [1.54, 1.807) is 37.3 Å². The number of hydrogen-bond acceptors (Lipinski definition) is 7. The molecule has 1 aliphatic heterocycles. The Labute approximate surface area is 262 Å². The fourth-order valence-electron chi connectivity index (χ4n) is 5.72. The molecule has 0 bridgehead atoms. The lowest BCUT2D eigenvalue weighted by Crippen LogP contribution is -2.41. The minimum absolute atomic E-state index is 0.173. The van der Waals surface area contributed by atoms with Gasteiger partial charge in [-0.1, -0.05) is 30.3 Å². The highest BCUT2D eigenvalue weighted by atomic mass is 16.5. The largest absolute Gasteiger partial charge is 0.497 e. The molecule has 0 spiro atoms. The van der Waals surface area contributed by atoms with E-state index in [-0.39, 0.29) is 12.5 Å². The molecule has 0 radical (unpaired) electrons. The van der Waals surface area contributed by atoms with Gasteiger partial charge in [0.2, 0.25) is 0 Å². The molecule has 0 N–H and O–H groups in total. The Balaban J connectivity index is 1.16. The van der Waals surface area contributed by atoms with Crippen molar-refractivity contribution in [2.45, 2.75) is 19.3 Å². The summed E-state index contributed by atoms with van der Waals surface area (Å²) in [5, 5.41) is 0. The summed E-state index contributed by atoms with van der Waals surface area (Å²) in [5.41, 5.74) is 5.89. The maximum Gasteiger partial charge on any atom is 0.338 e. The van der Waals surface area contributed by atoms with E-state index in [0.29, 0.717) is 47.0 Å². The summed E-state index contributed by atoms with van der Waals surface area (Å²) in [7, 11) is 3.25. The first kappa shape index (κ1) is 29.8. The number of nitrogens with zero attached hydrogens (tertiary/aromatic N) is 3. The third kappa shape index (κ3) is 6.96. The number of aromatic nitrogens is 2. The summed E-state index contributed by atoms with van der Waals surface area (Å²) in [6.45, 7) is 1.05. The van der Waals surface area contributed by atoms with Gasteiger partial charge in [-0.05, 0) is 97.5 Å². The Morgan fingerprint density at radius 2 is 1.31 bits per heavy atom. The maximum absolute atomic E-state index is 13.0. The first-order valence-corrected chi connectivity index (χ1v) is 15.1. The van der Waals surface area contributed by atoms with Crippen LogP contribution in [0.5, 0.6) is 11.5 Å². The molecular formula is C37H35N3O5. The van der Waals surface area contributed by atoms with Crippen LogP contribution in [-0.2, 0) is 16.0 Å². The van der Waals surface area contributed by atoms with Crippen molar-refractivity contribution in [3.05, 3.63) is 108 Å². The zero-order chi connectivity index (χ0) is 31.2. The highest BCUT2D eigenvalue weighted by Crippen LogP contribution is 2.33. The number of ether oxygens (including phenoxy) is 3. The Morgan fingerprint density at radius 3 is 1.89 bits per heavy atom. The molecule has 1 aliphatic rings. The molecule has 1 amide bonds. The van der Waals surface area contributed by atoms with Crippen LogP contribution in [0.1, 0.15) is 28.8 Å². The van der Waals surface area contributed by atoms with E-state index in [0.717, 1.165) is 41.9 Å². The zero-order valence-electron chi connectivity index (χ0n) is 25.4. The van der Waals surface area contributed by atoms with Crippen molar-refractivity contribution in [2.24, 2.45) is 5.92 Å². The summed E-state index contributed by atoms with van der Waals surface area (Å²) < 4.78 is 16.1.